The number of benzene rings is 1. The fourth-order valence-electron chi connectivity index (χ4n) is 3.45. The molecule has 3 aromatic rings. The Morgan fingerprint density at radius 2 is 2.29 bits per heavy atom. The van der Waals surface area contributed by atoms with Crippen molar-refractivity contribution in [2.75, 3.05) is 18.0 Å². The van der Waals surface area contributed by atoms with Gasteiger partial charge in [-0.05, 0) is 24.6 Å². The monoisotopic (exact) mass is 363 g/mol. The van der Waals surface area contributed by atoms with E-state index < -0.39 is 0 Å². The predicted molar refractivity (Wildman–Crippen MR) is 91.8 cm³/mol. The Labute approximate surface area is 145 Å². The van der Waals surface area contributed by atoms with E-state index in [4.69, 9.17) is 21.3 Å². The molecule has 4 heterocycles. The van der Waals surface area contributed by atoms with E-state index in [1.807, 2.05) is 18.2 Å². The minimum atomic E-state index is -0.351. The van der Waals surface area contributed by atoms with Crippen molar-refractivity contribution in [2.24, 2.45) is 0 Å². The number of halogens is 1. The first-order chi connectivity index (χ1) is 11.6. The van der Waals surface area contributed by atoms with E-state index in [1.54, 1.807) is 15.9 Å². The number of hydrogen-bond donors (Lipinski definition) is 1. The summed E-state index contributed by atoms with van der Waals surface area (Å²) in [4.78, 5) is 18.8. The van der Waals surface area contributed by atoms with Crippen molar-refractivity contribution in [2.45, 2.75) is 25.2 Å². The molecular weight excluding hydrogens is 350 g/mol. The third kappa shape index (κ3) is 2.17. The molecule has 1 atom stereocenters. The van der Waals surface area contributed by atoms with Crippen LogP contribution in [0.4, 0.5) is 5.13 Å². The zero-order valence-electron chi connectivity index (χ0n) is 12.7. The van der Waals surface area contributed by atoms with Gasteiger partial charge in [-0.25, -0.2) is 14.9 Å². The number of aromatic amines is 1. The first-order valence-electron chi connectivity index (χ1n) is 7.71. The molecule has 5 rings (SSSR count). The molecule has 0 saturated carbocycles. The van der Waals surface area contributed by atoms with Crippen molar-refractivity contribution in [1.29, 1.82) is 0 Å². The number of rotatable bonds is 1. The largest absolute Gasteiger partial charge is 0.363 e. The maximum atomic E-state index is 11.9. The topological polar surface area (TPSA) is 76.0 Å². The summed E-state index contributed by atoms with van der Waals surface area (Å²) in [5, 5.41) is 8.17. The summed E-state index contributed by atoms with van der Waals surface area (Å²) in [5.41, 5.74) is 0.440. The van der Waals surface area contributed by atoms with Gasteiger partial charge in [0, 0.05) is 11.6 Å². The lowest BCUT2D eigenvalue weighted by Gasteiger charge is -2.33. The zero-order valence-corrected chi connectivity index (χ0v) is 14.2. The van der Waals surface area contributed by atoms with Crippen LogP contribution in [0.15, 0.2) is 23.0 Å². The molecule has 0 bridgehead atoms. The number of hydrogen-bond acceptors (Lipinski definition) is 6. The standard InChI is InChI=1S/C15H14ClN5O2S/c16-9-1-2-10-11(5-9)24-14(17-10)20-4-3-15(7-20)8-21-12(6-23-15)18-19-13(21)22/h1-2,5H,3-4,6-8H2,(H,19,22). The summed E-state index contributed by atoms with van der Waals surface area (Å²) < 4.78 is 8.85. The average Bonchev–Trinajstić information content (AvgIpc) is 3.26. The lowest BCUT2D eigenvalue weighted by Crippen LogP contribution is -2.46. The van der Waals surface area contributed by atoms with Gasteiger partial charge in [-0.1, -0.05) is 22.9 Å². The van der Waals surface area contributed by atoms with E-state index in [2.05, 4.69) is 15.1 Å². The molecule has 1 N–H and O–H groups in total. The van der Waals surface area contributed by atoms with Gasteiger partial charge in [-0.2, -0.15) is 5.10 Å². The van der Waals surface area contributed by atoms with Crippen LogP contribution in [0.5, 0.6) is 0 Å². The molecule has 0 amide bonds. The van der Waals surface area contributed by atoms with Gasteiger partial charge in [0.25, 0.3) is 0 Å². The second-order valence-electron chi connectivity index (χ2n) is 6.28. The van der Waals surface area contributed by atoms with E-state index in [0.29, 0.717) is 19.0 Å². The number of aromatic nitrogens is 4. The Balaban J connectivity index is 1.44. The first-order valence-corrected chi connectivity index (χ1v) is 8.90. The van der Waals surface area contributed by atoms with Crippen LogP contribution in [0.2, 0.25) is 5.02 Å². The minimum Gasteiger partial charge on any atom is -0.363 e. The fraction of sp³-hybridized carbons (Fsp3) is 0.400. The van der Waals surface area contributed by atoms with Crippen molar-refractivity contribution < 1.29 is 4.74 Å². The summed E-state index contributed by atoms with van der Waals surface area (Å²) in [6.07, 6.45) is 0.862. The number of fused-ring (bicyclic) bond motifs is 2. The smallest absolute Gasteiger partial charge is 0.343 e. The number of nitrogens with zero attached hydrogens (tertiary/aromatic N) is 4. The van der Waals surface area contributed by atoms with E-state index in [1.165, 1.54) is 0 Å². The lowest BCUT2D eigenvalue weighted by atomic mass is 10.0. The summed E-state index contributed by atoms with van der Waals surface area (Å²) >= 11 is 7.69. The minimum absolute atomic E-state index is 0.166. The molecule has 7 nitrogen and oxygen atoms in total. The molecule has 1 aromatic carbocycles. The predicted octanol–water partition coefficient (Wildman–Crippen LogP) is 2.01. The highest BCUT2D eigenvalue weighted by atomic mass is 35.5. The van der Waals surface area contributed by atoms with Gasteiger partial charge in [0.1, 0.15) is 12.2 Å². The average molecular weight is 364 g/mol. The highest BCUT2D eigenvalue weighted by Gasteiger charge is 2.44. The summed E-state index contributed by atoms with van der Waals surface area (Å²) in [5.74, 6) is 0.665. The van der Waals surface area contributed by atoms with Crippen LogP contribution in [-0.4, -0.2) is 38.4 Å². The Morgan fingerprint density at radius 1 is 1.38 bits per heavy atom. The van der Waals surface area contributed by atoms with Crippen LogP contribution in [0.1, 0.15) is 12.2 Å². The number of nitrogens with one attached hydrogen (secondary N) is 1. The molecule has 1 unspecified atom stereocenters. The number of ether oxygens (including phenoxy) is 1. The number of thiazole rings is 1. The summed E-state index contributed by atoms with van der Waals surface area (Å²) in [6.45, 7) is 2.47. The van der Waals surface area contributed by atoms with Crippen molar-refractivity contribution in [3.63, 3.8) is 0 Å². The van der Waals surface area contributed by atoms with Gasteiger partial charge in [0.2, 0.25) is 0 Å². The van der Waals surface area contributed by atoms with E-state index >= 15 is 0 Å². The second kappa shape index (κ2) is 5.05. The van der Waals surface area contributed by atoms with Gasteiger partial charge in [0.05, 0.1) is 23.3 Å². The second-order valence-corrected chi connectivity index (χ2v) is 7.73. The molecule has 0 aliphatic carbocycles. The molecule has 1 spiro atoms. The van der Waals surface area contributed by atoms with E-state index in [9.17, 15) is 4.79 Å². The van der Waals surface area contributed by atoms with Crippen LogP contribution < -0.4 is 10.6 Å². The molecule has 24 heavy (non-hydrogen) atoms. The fourth-order valence-corrected chi connectivity index (χ4v) is 4.72. The van der Waals surface area contributed by atoms with Crippen molar-refractivity contribution in [1.82, 2.24) is 19.7 Å². The van der Waals surface area contributed by atoms with Crippen molar-refractivity contribution in [3.8, 4) is 0 Å². The SMILES string of the molecule is O=c1[nH]nc2n1CC1(CCN(c3nc4ccc(Cl)cc4s3)C1)OC2. The van der Waals surface area contributed by atoms with E-state index in [0.717, 1.165) is 39.9 Å². The van der Waals surface area contributed by atoms with Crippen LogP contribution in [0.25, 0.3) is 10.2 Å². The quantitative estimate of drug-likeness (QED) is 0.715. The molecule has 2 aliphatic rings. The number of anilines is 1. The molecule has 2 aliphatic heterocycles. The van der Waals surface area contributed by atoms with Crippen molar-refractivity contribution >= 4 is 38.3 Å². The highest BCUT2D eigenvalue weighted by molar-refractivity contribution is 7.22. The number of H-pyrrole nitrogens is 1. The highest BCUT2D eigenvalue weighted by Crippen LogP contribution is 2.37. The third-order valence-corrected chi connectivity index (χ3v) is 6.03. The van der Waals surface area contributed by atoms with Gasteiger partial charge in [-0.15, -0.1) is 0 Å². The Hall–Kier alpha value is -1.90. The molecule has 2 aromatic heterocycles. The van der Waals surface area contributed by atoms with Crippen LogP contribution in [-0.2, 0) is 17.9 Å². The summed E-state index contributed by atoms with van der Waals surface area (Å²) in [7, 11) is 0. The molecular formula is C15H14ClN5O2S. The van der Waals surface area contributed by atoms with Crippen LogP contribution in [0.3, 0.4) is 0 Å². The van der Waals surface area contributed by atoms with Gasteiger partial charge in [-0.3, -0.25) is 4.57 Å². The Bertz CT molecular complexity index is 995. The Kier molecular flexibility index (Phi) is 3.04. The van der Waals surface area contributed by atoms with Crippen LogP contribution >= 0.6 is 22.9 Å². The third-order valence-electron chi connectivity index (χ3n) is 4.72. The van der Waals surface area contributed by atoms with Gasteiger partial charge in [0.15, 0.2) is 11.0 Å². The van der Waals surface area contributed by atoms with Crippen LogP contribution in [0, 0.1) is 0 Å². The lowest BCUT2D eigenvalue weighted by molar-refractivity contribution is -0.0759. The zero-order chi connectivity index (χ0) is 16.3. The maximum absolute atomic E-state index is 11.9. The maximum Gasteiger partial charge on any atom is 0.343 e. The first kappa shape index (κ1) is 14.4. The van der Waals surface area contributed by atoms with Gasteiger partial charge >= 0.3 is 5.69 Å². The van der Waals surface area contributed by atoms with Crippen molar-refractivity contribution in [3.05, 3.63) is 39.5 Å². The normalized spacial score (nSPS) is 23.3. The molecule has 1 fully saturated rings. The molecule has 124 valence electrons. The Morgan fingerprint density at radius 3 is 3.21 bits per heavy atom. The van der Waals surface area contributed by atoms with Gasteiger partial charge < -0.3 is 9.64 Å². The summed E-state index contributed by atoms with van der Waals surface area (Å²) in [6, 6.07) is 5.74. The molecule has 0 radical (unpaired) electrons. The molecule has 1 saturated heterocycles. The van der Waals surface area contributed by atoms with E-state index in [-0.39, 0.29) is 11.3 Å². The molecule has 9 heteroatoms.